The van der Waals surface area contributed by atoms with E-state index in [0.717, 1.165) is 0 Å². The predicted octanol–water partition coefficient (Wildman–Crippen LogP) is 0.612. The van der Waals surface area contributed by atoms with Crippen molar-refractivity contribution in [2.75, 3.05) is 26.4 Å². The van der Waals surface area contributed by atoms with Crippen molar-refractivity contribution in [2.24, 2.45) is 0 Å². The van der Waals surface area contributed by atoms with Crippen molar-refractivity contribution >= 4 is 11.6 Å². The van der Waals surface area contributed by atoms with Gasteiger partial charge in [0.25, 0.3) is 5.91 Å². The van der Waals surface area contributed by atoms with Crippen LogP contribution in [0.25, 0.3) is 0 Å². The first kappa shape index (κ1) is 15.9. The van der Waals surface area contributed by atoms with Crippen LogP contribution in [-0.2, 0) is 4.74 Å². The van der Waals surface area contributed by atoms with Gasteiger partial charge in [0, 0.05) is 6.54 Å². The van der Waals surface area contributed by atoms with E-state index < -0.39 is 33.7 Å². The second kappa shape index (κ2) is 7.46. The van der Waals surface area contributed by atoms with Gasteiger partial charge in [0.1, 0.15) is 5.82 Å². The van der Waals surface area contributed by atoms with Gasteiger partial charge in [-0.3, -0.25) is 14.9 Å². The lowest BCUT2D eigenvalue weighted by molar-refractivity contribution is -0.387. The molecular formula is C11H12F2N2O5. The van der Waals surface area contributed by atoms with Gasteiger partial charge < -0.3 is 15.2 Å². The molecule has 0 saturated carbocycles. The summed E-state index contributed by atoms with van der Waals surface area (Å²) in [5, 5.41) is 21.1. The first-order valence-corrected chi connectivity index (χ1v) is 5.57. The number of carbonyl (C=O) groups is 1. The number of aliphatic hydroxyl groups is 1. The van der Waals surface area contributed by atoms with E-state index in [2.05, 4.69) is 5.32 Å². The zero-order valence-electron chi connectivity index (χ0n) is 10.3. The van der Waals surface area contributed by atoms with E-state index in [1.165, 1.54) is 0 Å². The van der Waals surface area contributed by atoms with Crippen molar-refractivity contribution in [3.05, 3.63) is 39.4 Å². The molecule has 0 bridgehead atoms. The highest BCUT2D eigenvalue weighted by Gasteiger charge is 2.21. The Kier molecular flexibility index (Phi) is 5.94. The lowest BCUT2D eigenvalue weighted by Crippen LogP contribution is -2.28. The fourth-order valence-electron chi connectivity index (χ4n) is 1.35. The number of rotatable bonds is 7. The Labute approximate surface area is 112 Å². The summed E-state index contributed by atoms with van der Waals surface area (Å²) in [6, 6.07) is 0.823. The molecule has 20 heavy (non-hydrogen) atoms. The van der Waals surface area contributed by atoms with Crippen molar-refractivity contribution in [3.8, 4) is 0 Å². The molecule has 1 aromatic carbocycles. The summed E-state index contributed by atoms with van der Waals surface area (Å²) < 4.78 is 31.6. The summed E-state index contributed by atoms with van der Waals surface area (Å²) in [7, 11) is 0. The highest BCUT2D eigenvalue weighted by Crippen LogP contribution is 2.21. The minimum atomic E-state index is -1.29. The minimum absolute atomic E-state index is 0.0247. The quantitative estimate of drug-likeness (QED) is 0.435. The van der Waals surface area contributed by atoms with Crippen LogP contribution in [0, 0.1) is 21.7 Å². The first-order chi connectivity index (χ1) is 9.47. The summed E-state index contributed by atoms with van der Waals surface area (Å²) in [4.78, 5) is 20.8. The fourth-order valence-corrected chi connectivity index (χ4v) is 1.35. The third kappa shape index (κ3) is 4.21. The molecule has 1 aromatic rings. The van der Waals surface area contributed by atoms with Crippen molar-refractivity contribution < 1.29 is 28.3 Å². The van der Waals surface area contributed by atoms with Crippen molar-refractivity contribution in [1.29, 1.82) is 0 Å². The van der Waals surface area contributed by atoms with Gasteiger partial charge in [-0.05, 0) is 6.07 Å². The normalized spacial score (nSPS) is 10.3. The van der Waals surface area contributed by atoms with Gasteiger partial charge in [-0.25, -0.2) is 4.39 Å². The van der Waals surface area contributed by atoms with Gasteiger partial charge in [0.15, 0.2) is 0 Å². The summed E-state index contributed by atoms with van der Waals surface area (Å²) >= 11 is 0. The van der Waals surface area contributed by atoms with Crippen LogP contribution >= 0.6 is 0 Å². The molecule has 1 amide bonds. The van der Waals surface area contributed by atoms with Crippen molar-refractivity contribution in [2.45, 2.75) is 0 Å². The Morgan fingerprint density at radius 1 is 1.35 bits per heavy atom. The molecule has 0 fully saturated rings. The van der Waals surface area contributed by atoms with Crippen LogP contribution < -0.4 is 5.32 Å². The summed E-state index contributed by atoms with van der Waals surface area (Å²) in [6.07, 6.45) is 0. The number of nitro groups is 1. The number of benzene rings is 1. The monoisotopic (exact) mass is 290 g/mol. The number of nitrogens with zero attached hydrogens (tertiary/aromatic N) is 1. The Balaban J connectivity index is 2.69. The van der Waals surface area contributed by atoms with Gasteiger partial charge in [-0.15, -0.1) is 0 Å². The van der Waals surface area contributed by atoms with Gasteiger partial charge >= 0.3 is 5.69 Å². The van der Waals surface area contributed by atoms with E-state index >= 15 is 0 Å². The van der Waals surface area contributed by atoms with E-state index in [1.54, 1.807) is 0 Å². The molecule has 9 heteroatoms. The van der Waals surface area contributed by atoms with Crippen LogP contribution in [0.4, 0.5) is 14.5 Å². The fraction of sp³-hybridized carbons (Fsp3) is 0.364. The molecule has 0 atom stereocenters. The maximum Gasteiger partial charge on any atom is 0.307 e. The molecule has 0 aromatic heterocycles. The Morgan fingerprint density at radius 3 is 2.65 bits per heavy atom. The second-order valence-electron chi connectivity index (χ2n) is 3.63. The van der Waals surface area contributed by atoms with Gasteiger partial charge in [-0.2, -0.15) is 4.39 Å². The number of halogens is 2. The molecule has 0 heterocycles. The number of aliphatic hydroxyl groups excluding tert-OH is 1. The second-order valence-corrected chi connectivity index (χ2v) is 3.63. The van der Waals surface area contributed by atoms with Crippen molar-refractivity contribution in [1.82, 2.24) is 5.32 Å². The molecular weight excluding hydrogens is 278 g/mol. The lowest BCUT2D eigenvalue weighted by Gasteiger charge is -2.06. The Hall–Kier alpha value is -2.13. The lowest BCUT2D eigenvalue weighted by atomic mass is 10.1. The maximum absolute atomic E-state index is 13.5. The molecule has 0 unspecified atom stereocenters. The number of hydrogen-bond acceptors (Lipinski definition) is 5. The van der Waals surface area contributed by atoms with E-state index in [-0.39, 0.29) is 26.4 Å². The largest absolute Gasteiger partial charge is 0.394 e. The average molecular weight is 290 g/mol. The maximum atomic E-state index is 13.5. The highest BCUT2D eigenvalue weighted by molar-refractivity contribution is 5.94. The molecule has 0 spiro atoms. The molecule has 2 N–H and O–H groups in total. The first-order valence-electron chi connectivity index (χ1n) is 5.57. The number of ether oxygens (including phenoxy) is 1. The number of amides is 1. The number of hydrogen-bond donors (Lipinski definition) is 2. The summed E-state index contributed by atoms with van der Waals surface area (Å²) in [6.45, 7) is 0.0345. The molecule has 7 nitrogen and oxygen atoms in total. The molecule has 1 rings (SSSR count). The van der Waals surface area contributed by atoms with E-state index in [0.29, 0.717) is 12.1 Å². The summed E-state index contributed by atoms with van der Waals surface area (Å²) in [5.74, 6) is -3.39. The Morgan fingerprint density at radius 2 is 2.05 bits per heavy atom. The van der Waals surface area contributed by atoms with Crippen LogP contribution in [0.1, 0.15) is 10.4 Å². The smallest absolute Gasteiger partial charge is 0.307 e. The molecule has 0 aliphatic rings. The van der Waals surface area contributed by atoms with Gasteiger partial charge in [0.05, 0.1) is 36.4 Å². The number of nitro benzene ring substituents is 1. The number of nitrogens with one attached hydrogen (secondary N) is 1. The zero-order valence-corrected chi connectivity index (χ0v) is 10.3. The van der Waals surface area contributed by atoms with Gasteiger partial charge in [-0.1, -0.05) is 0 Å². The SMILES string of the molecule is O=C(NCCOCCO)c1cc(F)c([N+](=O)[O-])cc1F. The van der Waals surface area contributed by atoms with Crippen LogP contribution in [0.3, 0.4) is 0 Å². The average Bonchev–Trinajstić information content (AvgIpc) is 2.40. The van der Waals surface area contributed by atoms with Crippen LogP contribution in [-0.4, -0.2) is 42.3 Å². The zero-order chi connectivity index (χ0) is 15.1. The molecule has 0 aliphatic carbocycles. The topological polar surface area (TPSA) is 102 Å². The van der Waals surface area contributed by atoms with E-state index in [1.807, 2.05) is 0 Å². The molecule has 0 aliphatic heterocycles. The highest BCUT2D eigenvalue weighted by atomic mass is 19.1. The Bertz CT molecular complexity index is 510. The van der Waals surface area contributed by atoms with Crippen LogP contribution in [0.15, 0.2) is 12.1 Å². The van der Waals surface area contributed by atoms with Crippen LogP contribution in [0.2, 0.25) is 0 Å². The predicted molar refractivity (Wildman–Crippen MR) is 63.3 cm³/mol. The van der Waals surface area contributed by atoms with Crippen LogP contribution in [0.5, 0.6) is 0 Å². The summed E-state index contributed by atoms with van der Waals surface area (Å²) in [5.41, 5.74) is -1.67. The molecule has 0 radical (unpaired) electrons. The third-order valence-corrected chi connectivity index (χ3v) is 2.25. The van der Waals surface area contributed by atoms with Gasteiger partial charge in [0.2, 0.25) is 5.82 Å². The van der Waals surface area contributed by atoms with E-state index in [9.17, 15) is 23.7 Å². The number of carbonyl (C=O) groups excluding carboxylic acids is 1. The van der Waals surface area contributed by atoms with E-state index in [4.69, 9.17) is 9.84 Å². The molecule has 0 saturated heterocycles. The van der Waals surface area contributed by atoms with Crippen molar-refractivity contribution in [3.63, 3.8) is 0 Å². The molecule has 110 valence electrons. The third-order valence-electron chi connectivity index (χ3n) is 2.25. The minimum Gasteiger partial charge on any atom is -0.394 e. The standard InChI is InChI=1S/C11H12F2N2O5/c12-8-6-10(15(18)19)9(13)5-7(8)11(17)14-1-3-20-4-2-16/h5-6,16H,1-4H2,(H,14,17).